The molecule has 1 aromatic carbocycles. The molecular weight excluding hydrogens is 377 g/mol. The van der Waals surface area contributed by atoms with Crippen LogP contribution in [0.1, 0.15) is 30.0 Å². The smallest absolute Gasteiger partial charge is 0.314 e. The lowest BCUT2D eigenvalue weighted by Crippen LogP contribution is -2.45. The minimum atomic E-state index is -4.89. The Labute approximate surface area is 146 Å². The minimum absolute atomic E-state index is 0. The van der Waals surface area contributed by atoms with Crippen LogP contribution in [-0.2, 0) is 6.18 Å². The average Bonchev–Trinajstić information content (AvgIpc) is 2.47. The number of benzene rings is 1. The molecule has 2 rings (SSSR count). The number of alkyl halides is 6. The summed E-state index contributed by atoms with van der Waals surface area (Å²) in [7, 11) is 0. The Morgan fingerprint density at radius 2 is 1.64 bits per heavy atom. The van der Waals surface area contributed by atoms with Gasteiger partial charge in [-0.15, -0.1) is 12.4 Å². The van der Waals surface area contributed by atoms with Gasteiger partial charge < -0.3 is 5.32 Å². The van der Waals surface area contributed by atoms with Crippen molar-refractivity contribution in [2.45, 2.75) is 31.2 Å². The molecule has 144 valence electrons. The number of piperazine rings is 1. The fraction of sp³-hybridized carbons (Fsp3) is 0.600. The van der Waals surface area contributed by atoms with Crippen LogP contribution in [0, 0.1) is 5.82 Å². The summed E-state index contributed by atoms with van der Waals surface area (Å²) < 4.78 is 89.7. The molecule has 10 heteroatoms. The number of halogens is 8. The third-order valence-corrected chi connectivity index (χ3v) is 3.97. The Hall–Kier alpha value is -1.06. The van der Waals surface area contributed by atoms with Crippen LogP contribution in [0.3, 0.4) is 0 Å². The van der Waals surface area contributed by atoms with Gasteiger partial charge in [0.2, 0.25) is 0 Å². The first kappa shape index (κ1) is 22.0. The van der Waals surface area contributed by atoms with Crippen molar-refractivity contribution in [1.29, 1.82) is 0 Å². The molecule has 1 aliphatic rings. The summed E-state index contributed by atoms with van der Waals surface area (Å²) in [6.07, 6.45) is -10.8. The van der Waals surface area contributed by atoms with E-state index in [4.69, 9.17) is 0 Å². The highest BCUT2D eigenvalue weighted by Crippen LogP contribution is 2.36. The van der Waals surface area contributed by atoms with Gasteiger partial charge in [0.05, 0.1) is 5.56 Å². The van der Waals surface area contributed by atoms with E-state index in [-0.39, 0.29) is 24.4 Å². The Kier molecular flexibility index (Phi) is 7.52. The summed E-state index contributed by atoms with van der Waals surface area (Å²) in [5.41, 5.74) is -1.40. The van der Waals surface area contributed by atoms with E-state index in [0.717, 1.165) is 6.07 Å². The van der Waals surface area contributed by atoms with Gasteiger partial charge in [0.25, 0.3) is 0 Å². The van der Waals surface area contributed by atoms with Crippen LogP contribution in [0.2, 0.25) is 0 Å². The molecule has 1 atom stereocenters. The van der Waals surface area contributed by atoms with Crippen LogP contribution in [0.4, 0.5) is 30.7 Å². The molecule has 1 N–H and O–H groups in total. The Morgan fingerprint density at radius 3 is 2.16 bits per heavy atom. The van der Waals surface area contributed by atoms with E-state index in [0.29, 0.717) is 38.3 Å². The van der Waals surface area contributed by atoms with Crippen molar-refractivity contribution < 1.29 is 30.7 Å². The van der Waals surface area contributed by atoms with Crippen molar-refractivity contribution in [3.8, 4) is 0 Å². The van der Waals surface area contributed by atoms with Gasteiger partial charge in [-0.3, -0.25) is 4.90 Å². The molecule has 25 heavy (non-hydrogen) atoms. The molecule has 0 saturated carbocycles. The van der Waals surface area contributed by atoms with E-state index in [2.05, 4.69) is 5.32 Å². The molecule has 1 aliphatic heterocycles. The predicted octanol–water partition coefficient (Wildman–Crippen LogP) is 4.56. The average molecular weight is 395 g/mol. The van der Waals surface area contributed by atoms with Gasteiger partial charge in [0.1, 0.15) is 5.82 Å². The van der Waals surface area contributed by atoms with E-state index in [1.807, 2.05) is 0 Å². The maximum atomic E-state index is 13.4. The maximum absolute atomic E-state index is 13.4. The molecule has 2 nitrogen and oxygen atoms in total. The molecule has 1 heterocycles. The third kappa shape index (κ3) is 6.31. The second-order valence-corrected chi connectivity index (χ2v) is 5.69. The molecule has 0 aromatic heterocycles. The lowest BCUT2D eigenvalue weighted by molar-refractivity contribution is -0.141. The zero-order valence-corrected chi connectivity index (χ0v) is 13.9. The maximum Gasteiger partial charge on any atom is 0.419 e. The van der Waals surface area contributed by atoms with Crippen LogP contribution in [0.15, 0.2) is 18.2 Å². The zero-order valence-electron chi connectivity index (χ0n) is 13.1. The van der Waals surface area contributed by atoms with Crippen LogP contribution in [0.25, 0.3) is 0 Å². The molecule has 0 bridgehead atoms. The normalized spacial score (nSPS) is 17.9. The van der Waals surface area contributed by atoms with E-state index >= 15 is 0 Å². The second-order valence-electron chi connectivity index (χ2n) is 5.69. The van der Waals surface area contributed by atoms with Crippen LogP contribution in [0.5, 0.6) is 0 Å². The van der Waals surface area contributed by atoms with Crippen LogP contribution in [-0.4, -0.2) is 37.3 Å². The summed E-state index contributed by atoms with van der Waals surface area (Å²) in [5.74, 6) is -1.43. The topological polar surface area (TPSA) is 15.3 Å². The number of nitrogens with zero attached hydrogens (tertiary/aromatic N) is 1. The standard InChI is InChI=1S/C15H17F7N2.ClH/c16-12-2-1-10(9-11(12)15(20,21)22)13(3-4-14(17,18)19)24-7-5-23-6-8-24;/h1-2,9,13,23H,3-8H2;1H/t13-;/m1./s1. The summed E-state index contributed by atoms with van der Waals surface area (Å²) in [6.45, 7) is 1.91. The highest BCUT2D eigenvalue weighted by atomic mass is 35.5. The third-order valence-electron chi connectivity index (χ3n) is 3.97. The summed E-state index contributed by atoms with van der Waals surface area (Å²) >= 11 is 0. The summed E-state index contributed by atoms with van der Waals surface area (Å²) in [5, 5.41) is 3.03. The zero-order chi connectivity index (χ0) is 18.0. The molecule has 0 radical (unpaired) electrons. The van der Waals surface area contributed by atoms with Crippen molar-refractivity contribution in [3.63, 3.8) is 0 Å². The lowest BCUT2D eigenvalue weighted by atomic mass is 9.97. The highest BCUT2D eigenvalue weighted by Gasteiger charge is 2.36. The molecule has 1 saturated heterocycles. The van der Waals surface area contributed by atoms with Crippen molar-refractivity contribution in [3.05, 3.63) is 35.1 Å². The Balaban J connectivity index is 0.00000312. The predicted molar refractivity (Wildman–Crippen MR) is 81.1 cm³/mol. The fourth-order valence-electron chi connectivity index (χ4n) is 2.82. The molecule has 0 spiro atoms. The van der Waals surface area contributed by atoms with Gasteiger partial charge in [-0.05, 0) is 24.1 Å². The number of rotatable bonds is 4. The van der Waals surface area contributed by atoms with Crippen molar-refractivity contribution in [2.24, 2.45) is 0 Å². The molecule has 0 aliphatic carbocycles. The first-order chi connectivity index (χ1) is 11.1. The number of hydrogen-bond acceptors (Lipinski definition) is 2. The monoisotopic (exact) mass is 394 g/mol. The number of hydrogen-bond donors (Lipinski definition) is 1. The van der Waals surface area contributed by atoms with Crippen molar-refractivity contribution >= 4 is 12.4 Å². The van der Waals surface area contributed by atoms with Gasteiger partial charge in [0.15, 0.2) is 0 Å². The Morgan fingerprint density at radius 1 is 1.04 bits per heavy atom. The minimum Gasteiger partial charge on any atom is -0.314 e. The summed E-state index contributed by atoms with van der Waals surface area (Å²) in [6, 6.07) is 1.59. The lowest BCUT2D eigenvalue weighted by Gasteiger charge is -2.35. The number of nitrogens with one attached hydrogen (secondary N) is 1. The van der Waals surface area contributed by atoms with E-state index < -0.39 is 36.2 Å². The largest absolute Gasteiger partial charge is 0.419 e. The van der Waals surface area contributed by atoms with E-state index in [1.54, 1.807) is 4.90 Å². The van der Waals surface area contributed by atoms with Crippen molar-refractivity contribution in [2.75, 3.05) is 26.2 Å². The van der Waals surface area contributed by atoms with Gasteiger partial charge in [-0.25, -0.2) is 4.39 Å². The van der Waals surface area contributed by atoms with Crippen LogP contribution < -0.4 is 5.32 Å². The second kappa shape index (κ2) is 8.55. The van der Waals surface area contributed by atoms with Gasteiger partial charge in [-0.2, -0.15) is 26.3 Å². The highest BCUT2D eigenvalue weighted by molar-refractivity contribution is 5.85. The SMILES string of the molecule is Cl.Fc1ccc([C@@H](CCC(F)(F)F)N2CCNCC2)cc1C(F)(F)F. The first-order valence-electron chi connectivity index (χ1n) is 7.46. The van der Waals surface area contributed by atoms with Gasteiger partial charge in [0, 0.05) is 38.6 Å². The summed E-state index contributed by atoms with van der Waals surface area (Å²) in [4.78, 5) is 1.70. The Bertz CT molecular complexity index is 554. The molecule has 0 amide bonds. The molecule has 0 unspecified atom stereocenters. The van der Waals surface area contributed by atoms with Crippen molar-refractivity contribution in [1.82, 2.24) is 10.2 Å². The molecule has 1 aromatic rings. The van der Waals surface area contributed by atoms with E-state index in [9.17, 15) is 30.7 Å². The molecule has 1 fully saturated rings. The quantitative estimate of drug-likeness (QED) is 0.753. The first-order valence-corrected chi connectivity index (χ1v) is 7.46. The van der Waals surface area contributed by atoms with E-state index in [1.165, 1.54) is 0 Å². The van der Waals surface area contributed by atoms with Gasteiger partial charge >= 0.3 is 12.4 Å². The molecular formula is C15H18ClF7N2. The van der Waals surface area contributed by atoms with Gasteiger partial charge in [-0.1, -0.05) is 6.07 Å². The fourth-order valence-corrected chi connectivity index (χ4v) is 2.82. The van der Waals surface area contributed by atoms with Crippen LogP contribution >= 0.6 is 12.4 Å².